The molecule has 0 spiro atoms. The Kier molecular flexibility index (Phi) is 4.19. The third kappa shape index (κ3) is 3.01. The number of aromatic amines is 1. The van der Waals surface area contributed by atoms with Crippen LogP contribution < -0.4 is 0 Å². The van der Waals surface area contributed by atoms with Crippen LogP contribution in [0.1, 0.15) is 30.8 Å². The highest BCUT2D eigenvalue weighted by atomic mass is 19.1. The first-order valence-corrected chi connectivity index (χ1v) is 7.89. The average Bonchev–Trinajstić information content (AvgIpc) is 3.00. The van der Waals surface area contributed by atoms with E-state index in [1.165, 1.54) is 11.1 Å². The van der Waals surface area contributed by atoms with Crippen molar-refractivity contribution in [2.24, 2.45) is 0 Å². The van der Waals surface area contributed by atoms with E-state index in [9.17, 15) is 4.39 Å². The fourth-order valence-corrected chi connectivity index (χ4v) is 2.92. The second-order valence-corrected chi connectivity index (χ2v) is 6.55. The van der Waals surface area contributed by atoms with Gasteiger partial charge in [-0.15, -0.1) is 0 Å². The van der Waals surface area contributed by atoms with Gasteiger partial charge in [-0.3, -0.25) is 4.90 Å². The van der Waals surface area contributed by atoms with Crippen molar-refractivity contribution < 1.29 is 9.13 Å². The van der Waals surface area contributed by atoms with Crippen LogP contribution >= 0.6 is 0 Å². The Morgan fingerprint density at radius 3 is 2.73 bits per heavy atom. The quantitative estimate of drug-likeness (QED) is 0.943. The van der Waals surface area contributed by atoms with Crippen LogP contribution in [-0.2, 0) is 11.3 Å². The Bertz CT molecular complexity index is 628. The Morgan fingerprint density at radius 2 is 2.05 bits per heavy atom. The zero-order chi connectivity index (χ0) is 15.9. The summed E-state index contributed by atoms with van der Waals surface area (Å²) in [4.78, 5) is 9.91. The Labute approximate surface area is 130 Å². The molecule has 2 atom stereocenters. The van der Waals surface area contributed by atoms with Gasteiger partial charge in [0, 0.05) is 19.1 Å². The summed E-state index contributed by atoms with van der Waals surface area (Å²) in [5.41, 5.74) is 4.40. The van der Waals surface area contributed by atoms with Crippen LogP contribution in [0.25, 0.3) is 11.0 Å². The zero-order valence-corrected chi connectivity index (χ0v) is 13.7. The van der Waals surface area contributed by atoms with Crippen molar-refractivity contribution in [2.75, 3.05) is 13.1 Å². The minimum Gasteiger partial charge on any atom is -0.366 e. The summed E-state index contributed by atoms with van der Waals surface area (Å²) in [5, 5.41) is 0. The van der Waals surface area contributed by atoms with Crippen molar-refractivity contribution in [1.29, 1.82) is 0 Å². The van der Waals surface area contributed by atoms with E-state index < -0.39 is 6.17 Å². The number of benzene rings is 1. The third-order valence-corrected chi connectivity index (χ3v) is 4.54. The molecule has 0 saturated carbocycles. The van der Waals surface area contributed by atoms with Crippen LogP contribution in [0.3, 0.4) is 0 Å². The maximum absolute atomic E-state index is 14.0. The number of alkyl halides is 1. The number of fused-ring (bicyclic) bond motifs is 1. The second kappa shape index (κ2) is 5.97. The van der Waals surface area contributed by atoms with Crippen LogP contribution in [-0.4, -0.2) is 46.3 Å². The second-order valence-electron chi connectivity index (χ2n) is 6.55. The van der Waals surface area contributed by atoms with Crippen molar-refractivity contribution in [3.05, 3.63) is 29.1 Å². The summed E-state index contributed by atoms with van der Waals surface area (Å²) < 4.78 is 19.8. The Balaban J connectivity index is 1.67. The number of rotatable bonds is 4. The van der Waals surface area contributed by atoms with Gasteiger partial charge in [0.25, 0.3) is 0 Å². The first-order valence-electron chi connectivity index (χ1n) is 7.89. The lowest BCUT2D eigenvalue weighted by Crippen LogP contribution is -2.29. The number of hydrogen-bond donors (Lipinski definition) is 1. The highest BCUT2D eigenvalue weighted by Gasteiger charge is 2.34. The molecule has 1 aliphatic rings. The van der Waals surface area contributed by atoms with Crippen LogP contribution in [0, 0.1) is 13.8 Å². The first kappa shape index (κ1) is 15.4. The molecule has 5 heteroatoms. The van der Waals surface area contributed by atoms with E-state index in [1.54, 1.807) is 0 Å². The minimum atomic E-state index is -0.920. The number of nitrogens with one attached hydrogen (secondary N) is 1. The molecule has 4 nitrogen and oxygen atoms in total. The molecular formula is C17H24FN3O. The summed E-state index contributed by atoms with van der Waals surface area (Å²) in [6.45, 7) is 9.75. The molecule has 2 aromatic rings. The number of nitrogens with zero attached hydrogens (tertiary/aromatic N) is 2. The molecule has 1 aromatic carbocycles. The van der Waals surface area contributed by atoms with Crippen molar-refractivity contribution in [3.8, 4) is 0 Å². The summed E-state index contributed by atoms with van der Waals surface area (Å²) >= 11 is 0. The van der Waals surface area contributed by atoms with Gasteiger partial charge in [-0.2, -0.15) is 0 Å². The summed E-state index contributed by atoms with van der Waals surface area (Å²) in [6, 6.07) is 4.51. The molecule has 0 aliphatic carbocycles. The number of imidazole rings is 1. The molecule has 3 rings (SSSR count). The van der Waals surface area contributed by atoms with Gasteiger partial charge in [-0.25, -0.2) is 9.37 Å². The van der Waals surface area contributed by atoms with Crippen molar-refractivity contribution >= 4 is 11.0 Å². The molecular weight excluding hydrogens is 281 g/mol. The number of aromatic nitrogens is 2. The molecule has 1 aliphatic heterocycles. The van der Waals surface area contributed by atoms with Gasteiger partial charge in [0.1, 0.15) is 24.7 Å². The molecule has 120 valence electrons. The van der Waals surface area contributed by atoms with Crippen LogP contribution in [0.2, 0.25) is 0 Å². The number of likely N-dealkylation sites (tertiary alicyclic amines) is 1. The lowest BCUT2D eigenvalue weighted by molar-refractivity contribution is 0.00814. The number of ether oxygens (including phenoxy) is 1. The third-order valence-electron chi connectivity index (χ3n) is 4.54. The Hall–Kier alpha value is -1.46. The van der Waals surface area contributed by atoms with E-state index in [0.29, 0.717) is 25.7 Å². The number of H-pyrrole nitrogens is 1. The molecule has 0 radical (unpaired) electrons. The predicted octanol–water partition coefficient (Wildman–Crippen LogP) is 3.13. The van der Waals surface area contributed by atoms with E-state index in [2.05, 4.69) is 54.7 Å². The molecule has 2 heterocycles. The highest BCUT2D eigenvalue weighted by molar-refractivity contribution is 5.77. The predicted molar refractivity (Wildman–Crippen MR) is 85.7 cm³/mol. The molecule has 1 saturated heterocycles. The zero-order valence-electron chi connectivity index (χ0n) is 13.7. The SMILES string of the molecule is Cc1cc2nc(CO[C@H]3CN(C(C)C)C[C@H]3F)[nH]c2cc1C. The van der Waals surface area contributed by atoms with Gasteiger partial charge in [-0.05, 0) is 51.0 Å². The van der Waals surface area contributed by atoms with Gasteiger partial charge in [0.2, 0.25) is 0 Å². The van der Waals surface area contributed by atoms with E-state index >= 15 is 0 Å². The number of halogens is 1. The van der Waals surface area contributed by atoms with Gasteiger partial charge in [0.05, 0.1) is 11.0 Å². The van der Waals surface area contributed by atoms with Gasteiger partial charge in [-0.1, -0.05) is 0 Å². The van der Waals surface area contributed by atoms with Crippen LogP contribution in [0.4, 0.5) is 4.39 Å². The van der Waals surface area contributed by atoms with Gasteiger partial charge < -0.3 is 9.72 Å². The smallest absolute Gasteiger partial charge is 0.140 e. The number of aryl methyl sites for hydroxylation is 2. The lowest BCUT2D eigenvalue weighted by atomic mass is 10.1. The molecule has 22 heavy (non-hydrogen) atoms. The topological polar surface area (TPSA) is 41.1 Å². The number of hydrogen-bond acceptors (Lipinski definition) is 3. The average molecular weight is 305 g/mol. The Morgan fingerprint density at radius 1 is 1.32 bits per heavy atom. The molecule has 0 amide bonds. The van der Waals surface area contributed by atoms with E-state index in [1.807, 2.05) is 0 Å². The van der Waals surface area contributed by atoms with Crippen LogP contribution in [0.5, 0.6) is 0 Å². The van der Waals surface area contributed by atoms with Gasteiger partial charge in [0.15, 0.2) is 0 Å². The van der Waals surface area contributed by atoms with E-state index in [0.717, 1.165) is 16.9 Å². The fraction of sp³-hybridized carbons (Fsp3) is 0.588. The lowest BCUT2D eigenvalue weighted by Gasteiger charge is -2.19. The van der Waals surface area contributed by atoms with E-state index in [4.69, 9.17) is 4.74 Å². The molecule has 1 N–H and O–H groups in total. The first-order chi connectivity index (χ1) is 10.4. The van der Waals surface area contributed by atoms with E-state index in [-0.39, 0.29) is 6.10 Å². The van der Waals surface area contributed by atoms with Crippen LogP contribution in [0.15, 0.2) is 12.1 Å². The van der Waals surface area contributed by atoms with Gasteiger partial charge >= 0.3 is 0 Å². The fourth-order valence-electron chi connectivity index (χ4n) is 2.92. The molecule has 0 unspecified atom stereocenters. The largest absolute Gasteiger partial charge is 0.366 e. The molecule has 0 bridgehead atoms. The van der Waals surface area contributed by atoms with Crippen molar-refractivity contribution in [2.45, 2.75) is 52.6 Å². The summed E-state index contributed by atoms with van der Waals surface area (Å²) in [5.74, 6) is 0.759. The highest BCUT2D eigenvalue weighted by Crippen LogP contribution is 2.21. The minimum absolute atomic E-state index is 0.323. The molecule has 1 aromatic heterocycles. The monoisotopic (exact) mass is 305 g/mol. The summed E-state index contributed by atoms with van der Waals surface area (Å²) in [6.07, 6.45) is -1.28. The molecule has 1 fully saturated rings. The maximum Gasteiger partial charge on any atom is 0.140 e. The van der Waals surface area contributed by atoms with Crippen molar-refractivity contribution in [1.82, 2.24) is 14.9 Å². The standard InChI is InChI=1S/C17H24FN3O/c1-10(2)21-7-13(18)16(8-21)22-9-17-19-14-5-11(3)12(4)6-15(14)20-17/h5-6,10,13,16H,7-9H2,1-4H3,(H,19,20)/t13-,16+/m1/s1. The van der Waals surface area contributed by atoms with Crippen molar-refractivity contribution in [3.63, 3.8) is 0 Å². The summed E-state index contributed by atoms with van der Waals surface area (Å²) in [7, 11) is 0. The normalized spacial score (nSPS) is 23.0. The maximum atomic E-state index is 14.0.